The van der Waals surface area contributed by atoms with Crippen molar-refractivity contribution >= 4 is 17.3 Å². The number of anilines is 1. The summed E-state index contributed by atoms with van der Waals surface area (Å²) in [5.41, 5.74) is 0.385. The SMILES string of the molecule is CCC(C)Oc1cccc(NC(=O)COc2ccccc2[N+](=O)[O-])c1. The number of nitro benzene ring substituents is 1. The van der Waals surface area contributed by atoms with Gasteiger partial charge in [-0.3, -0.25) is 14.9 Å². The standard InChI is InChI=1S/C18H20N2O5/c1-3-13(2)25-15-8-6-7-14(11-15)19-18(21)12-24-17-10-5-4-9-16(17)20(22)23/h4-11,13H,3,12H2,1-2H3,(H,19,21). The second-order valence-corrected chi connectivity index (χ2v) is 5.43. The third-order valence-electron chi connectivity index (χ3n) is 3.45. The fourth-order valence-corrected chi connectivity index (χ4v) is 2.03. The van der Waals surface area contributed by atoms with Crippen molar-refractivity contribution in [1.29, 1.82) is 0 Å². The Morgan fingerprint density at radius 2 is 2.00 bits per heavy atom. The Morgan fingerprint density at radius 3 is 2.72 bits per heavy atom. The molecule has 0 aliphatic carbocycles. The summed E-state index contributed by atoms with van der Waals surface area (Å²) in [6.45, 7) is 3.66. The smallest absolute Gasteiger partial charge is 0.310 e. The third kappa shape index (κ3) is 5.49. The molecule has 0 aromatic heterocycles. The molecule has 0 aliphatic heterocycles. The molecular formula is C18H20N2O5. The molecule has 0 heterocycles. The van der Waals surface area contributed by atoms with Gasteiger partial charge in [-0.05, 0) is 31.5 Å². The summed E-state index contributed by atoms with van der Waals surface area (Å²) in [6.07, 6.45) is 0.952. The van der Waals surface area contributed by atoms with E-state index in [1.807, 2.05) is 19.9 Å². The average Bonchev–Trinajstić information content (AvgIpc) is 2.60. The van der Waals surface area contributed by atoms with E-state index < -0.39 is 10.8 Å². The lowest BCUT2D eigenvalue weighted by Gasteiger charge is -2.13. The Bertz CT molecular complexity index is 748. The van der Waals surface area contributed by atoms with Crippen LogP contribution in [0.2, 0.25) is 0 Å². The summed E-state index contributed by atoms with van der Waals surface area (Å²) in [5, 5.41) is 13.6. The molecule has 0 aliphatic rings. The van der Waals surface area contributed by atoms with Crippen LogP contribution in [0.4, 0.5) is 11.4 Å². The van der Waals surface area contributed by atoms with Gasteiger partial charge in [0.05, 0.1) is 11.0 Å². The number of carbonyl (C=O) groups excluding carboxylic acids is 1. The molecule has 0 saturated heterocycles. The van der Waals surface area contributed by atoms with Gasteiger partial charge in [-0.25, -0.2) is 0 Å². The van der Waals surface area contributed by atoms with Crippen LogP contribution in [0.25, 0.3) is 0 Å². The number of hydrogen-bond acceptors (Lipinski definition) is 5. The van der Waals surface area contributed by atoms with Gasteiger partial charge in [-0.2, -0.15) is 0 Å². The van der Waals surface area contributed by atoms with Crippen LogP contribution < -0.4 is 14.8 Å². The van der Waals surface area contributed by atoms with Crippen LogP contribution in [0.1, 0.15) is 20.3 Å². The molecule has 1 amide bonds. The zero-order chi connectivity index (χ0) is 18.2. The summed E-state index contributed by atoms with van der Waals surface area (Å²) >= 11 is 0. The van der Waals surface area contributed by atoms with Crippen LogP contribution in [-0.4, -0.2) is 23.5 Å². The second kappa shape index (κ2) is 8.68. The summed E-state index contributed by atoms with van der Waals surface area (Å²) in [7, 11) is 0. The minimum absolute atomic E-state index is 0.0523. The average molecular weight is 344 g/mol. The van der Waals surface area contributed by atoms with E-state index in [1.165, 1.54) is 18.2 Å². The van der Waals surface area contributed by atoms with Gasteiger partial charge >= 0.3 is 5.69 Å². The highest BCUT2D eigenvalue weighted by Gasteiger charge is 2.15. The quantitative estimate of drug-likeness (QED) is 0.581. The molecule has 25 heavy (non-hydrogen) atoms. The zero-order valence-electron chi connectivity index (χ0n) is 14.1. The molecule has 7 heteroatoms. The van der Waals surface area contributed by atoms with Crippen molar-refractivity contribution in [2.45, 2.75) is 26.4 Å². The first-order chi connectivity index (χ1) is 12.0. The van der Waals surface area contributed by atoms with Crippen LogP contribution in [0.5, 0.6) is 11.5 Å². The van der Waals surface area contributed by atoms with Gasteiger partial charge in [0.2, 0.25) is 0 Å². The van der Waals surface area contributed by atoms with Gasteiger partial charge in [-0.15, -0.1) is 0 Å². The maximum Gasteiger partial charge on any atom is 0.310 e. The first kappa shape index (κ1) is 18.3. The molecule has 2 aromatic rings. The lowest BCUT2D eigenvalue weighted by molar-refractivity contribution is -0.385. The highest BCUT2D eigenvalue weighted by atomic mass is 16.6. The topological polar surface area (TPSA) is 90.7 Å². The number of carbonyl (C=O) groups is 1. The van der Waals surface area contributed by atoms with Crippen LogP contribution in [0.15, 0.2) is 48.5 Å². The van der Waals surface area contributed by atoms with Crippen molar-refractivity contribution < 1.29 is 19.2 Å². The van der Waals surface area contributed by atoms with E-state index in [2.05, 4.69) is 5.32 Å². The molecule has 0 spiro atoms. The van der Waals surface area contributed by atoms with E-state index in [1.54, 1.807) is 24.3 Å². The Balaban J connectivity index is 1.95. The lowest BCUT2D eigenvalue weighted by Crippen LogP contribution is -2.20. The number of amides is 1. The number of ether oxygens (including phenoxy) is 2. The minimum atomic E-state index is -0.553. The van der Waals surface area contributed by atoms with E-state index in [0.717, 1.165) is 6.42 Å². The highest BCUT2D eigenvalue weighted by Crippen LogP contribution is 2.25. The predicted octanol–water partition coefficient (Wildman–Crippen LogP) is 3.79. The second-order valence-electron chi connectivity index (χ2n) is 5.43. The van der Waals surface area contributed by atoms with Crippen molar-refractivity contribution in [3.8, 4) is 11.5 Å². The molecule has 0 bridgehead atoms. The lowest BCUT2D eigenvalue weighted by atomic mass is 10.2. The van der Waals surface area contributed by atoms with Gasteiger partial charge in [0, 0.05) is 17.8 Å². The van der Waals surface area contributed by atoms with Crippen LogP contribution in [-0.2, 0) is 4.79 Å². The van der Waals surface area contributed by atoms with E-state index in [-0.39, 0.29) is 24.1 Å². The maximum atomic E-state index is 12.0. The first-order valence-electron chi connectivity index (χ1n) is 7.92. The molecule has 7 nitrogen and oxygen atoms in total. The maximum absolute atomic E-state index is 12.0. The molecule has 132 valence electrons. The minimum Gasteiger partial charge on any atom is -0.491 e. The fraction of sp³-hybridized carbons (Fsp3) is 0.278. The van der Waals surface area contributed by atoms with E-state index in [4.69, 9.17) is 9.47 Å². The normalized spacial score (nSPS) is 11.4. The molecular weight excluding hydrogens is 324 g/mol. The molecule has 1 atom stereocenters. The summed E-state index contributed by atoms with van der Waals surface area (Å²) in [6, 6.07) is 12.9. The molecule has 0 radical (unpaired) electrons. The molecule has 2 aromatic carbocycles. The Labute approximate surface area is 145 Å². The summed E-state index contributed by atoms with van der Waals surface area (Å²) < 4.78 is 11.0. The van der Waals surface area contributed by atoms with Gasteiger partial charge in [0.15, 0.2) is 12.4 Å². The van der Waals surface area contributed by atoms with Crippen molar-refractivity contribution in [1.82, 2.24) is 0 Å². The summed E-state index contributed by atoms with van der Waals surface area (Å²) in [4.78, 5) is 22.4. The van der Waals surface area contributed by atoms with Crippen molar-refractivity contribution in [2.24, 2.45) is 0 Å². The number of benzene rings is 2. The molecule has 1 unspecified atom stereocenters. The fourth-order valence-electron chi connectivity index (χ4n) is 2.03. The monoisotopic (exact) mass is 344 g/mol. The number of para-hydroxylation sites is 2. The Kier molecular flexibility index (Phi) is 6.33. The van der Waals surface area contributed by atoms with Gasteiger partial charge in [0.1, 0.15) is 5.75 Å². The van der Waals surface area contributed by atoms with Gasteiger partial charge in [0.25, 0.3) is 5.91 Å². The van der Waals surface area contributed by atoms with Crippen molar-refractivity contribution in [3.05, 3.63) is 58.6 Å². The predicted molar refractivity (Wildman–Crippen MR) is 94.0 cm³/mol. The number of nitro groups is 1. The number of hydrogen-bond donors (Lipinski definition) is 1. The first-order valence-corrected chi connectivity index (χ1v) is 7.92. The molecule has 0 fully saturated rings. The Morgan fingerprint density at radius 1 is 1.24 bits per heavy atom. The van der Waals surface area contributed by atoms with Crippen LogP contribution in [0.3, 0.4) is 0 Å². The third-order valence-corrected chi connectivity index (χ3v) is 3.45. The van der Waals surface area contributed by atoms with E-state index >= 15 is 0 Å². The highest BCUT2D eigenvalue weighted by molar-refractivity contribution is 5.92. The van der Waals surface area contributed by atoms with E-state index in [9.17, 15) is 14.9 Å². The van der Waals surface area contributed by atoms with Gasteiger partial charge in [-0.1, -0.05) is 25.1 Å². The molecule has 2 rings (SSSR count). The summed E-state index contributed by atoms with van der Waals surface area (Å²) in [5.74, 6) is 0.294. The molecule has 1 N–H and O–H groups in total. The van der Waals surface area contributed by atoms with Gasteiger partial charge < -0.3 is 14.8 Å². The van der Waals surface area contributed by atoms with Crippen molar-refractivity contribution in [3.63, 3.8) is 0 Å². The van der Waals surface area contributed by atoms with Crippen molar-refractivity contribution in [2.75, 3.05) is 11.9 Å². The molecule has 0 saturated carbocycles. The van der Waals surface area contributed by atoms with Crippen LogP contribution in [0, 0.1) is 10.1 Å². The largest absolute Gasteiger partial charge is 0.491 e. The van der Waals surface area contributed by atoms with E-state index in [0.29, 0.717) is 11.4 Å². The number of nitrogens with one attached hydrogen (secondary N) is 1. The Hall–Kier alpha value is -3.09. The number of nitrogens with zero attached hydrogens (tertiary/aromatic N) is 1. The number of rotatable bonds is 8. The van der Waals surface area contributed by atoms with Crippen LogP contribution >= 0.6 is 0 Å². The zero-order valence-corrected chi connectivity index (χ0v) is 14.1.